The van der Waals surface area contributed by atoms with Crippen molar-refractivity contribution in [1.29, 1.82) is 0 Å². The number of carbonyl (C=O) groups is 1. The van der Waals surface area contributed by atoms with Gasteiger partial charge in [0.1, 0.15) is 5.54 Å². The van der Waals surface area contributed by atoms with Crippen molar-refractivity contribution in [3.05, 3.63) is 35.9 Å². The van der Waals surface area contributed by atoms with Gasteiger partial charge in [-0.25, -0.2) is 0 Å². The number of aliphatic hydroxyl groups excluding tert-OH is 1. The van der Waals surface area contributed by atoms with Gasteiger partial charge in [-0.1, -0.05) is 43.2 Å². The molecule has 0 aromatic heterocycles. The molecule has 1 aromatic carbocycles. The molecule has 1 atom stereocenters. The number of rotatable bonds is 4. The van der Waals surface area contributed by atoms with Gasteiger partial charge in [0.25, 0.3) is 0 Å². The summed E-state index contributed by atoms with van der Waals surface area (Å²) in [5, 5.41) is 10.6. The molecule has 5 nitrogen and oxygen atoms in total. The molecule has 5 heteroatoms. The van der Waals surface area contributed by atoms with Crippen LogP contribution in [0.25, 0.3) is 0 Å². The van der Waals surface area contributed by atoms with Crippen molar-refractivity contribution in [2.45, 2.75) is 56.7 Å². The first-order chi connectivity index (χ1) is 13.2. The summed E-state index contributed by atoms with van der Waals surface area (Å²) in [5.41, 5.74) is 0.971. The third-order valence-corrected chi connectivity index (χ3v) is 6.66. The van der Waals surface area contributed by atoms with Crippen LogP contribution in [-0.2, 0) is 11.3 Å². The maximum absolute atomic E-state index is 13.6. The summed E-state index contributed by atoms with van der Waals surface area (Å²) in [6, 6.07) is 10.4. The van der Waals surface area contributed by atoms with Crippen molar-refractivity contribution in [3.8, 4) is 0 Å². The van der Waals surface area contributed by atoms with Crippen LogP contribution >= 0.6 is 0 Å². The highest BCUT2D eigenvalue weighted by molar-refractivity contribution is 5.87. The maximum Gasteiger partial charge on any atom is 0.243 e. The predicted molar refractivity (Wildman–Crippen MR) is 106 cm³/mol. The largest absolute Gasteiger partial charge is 0.390 e. The van der Waals surface area contributed by atoms with Crippen molar-refractivity contribution in [3.63, 3.8) is 0 Å². The van der Waals surface area contributed by atoms with Crippen molar-refractivity contribution >= 4 is 5.91 Å². The molecule has 3 fully saturated rings. The summed E-state index contributed by atoms with van der Waals surface area (Å²) >= 11 is 0. The molecule has 3 aliphatic rings. The Bertz CT molecular complexity index is 624. The Balaban J connectivity index is 1.44. The average molecular weight is 372 g/mol. The lowest BCUT2D eigenvalue weighted by Gasteiger charge is -2.41. The van der Waals surface area contributed by atoms with Crippen LogP contribution in [0.2, 0.25) is 0 Å². The molecule has 2 aliphatic heterocycles. The Labute approximate surface area is 162 Å². The molecule has 27 heavy (non-hydrogen) atoms. The molecule has 0 bridgehead atoms. The van der Waals surface area contributed by atoms with Crippen LogP contribution in [0.5, 0.6) is 0 Å². The molecule has 2 heterocycles. The highest BCUT2D eigenvalue weighted by Crippen LogP contribution is 2.39. The van der Waals surface area contributed by atoms with Crippen LogP contribution in [0.4, 0.5) is 0 Å². The van der Waals surface area contributed by atoms with Gasteiger partial charge in [0, 0.05) is 32.7 Å². The normalized spacial score (nSPS) is 27.0. The first kappa shape index (κ1) is 18.9. The lowest BCUT2D eigenvalue weighted by molar-refractivity contribution is -0.145. The molecule has 0 unspecified atom stereocenters. The second-order valence-electron chi connectivity index (χ2n) is 8.56. The summed E-state index contributed by atoms with van der Waals surface area (Å²) in [6.45, 7) is 5.60. The second kappa shape index (κ2) is 8.29. The summed E-state index contributed by atoms with van der Waals surface area (Å²) < 4.78 is 0. The number of benzene rings is 1. The van der Waals surface area contributed by atoms with Gasteiger partial charge in [-0.2, -0.15) is 0 Å². The molecular weight excluding hydrogens is 338 g/mol. The zero-order valence-electron chi connectivity index (χ0n) is 16.4. The fourth-order valence-corrected chi connectivity index (χ4v) is 5.29. The third-order valence-electron chi connectivity index (χ3n) is 6.66. The van der Waals surface area contributed by atoms with E-state index in [1.54, 1.807) is 0 Å². The van der Waals surface area contributed by atoms with Crippen molar-refractivity contribution in [1.82, 2.24) is 14.7 Å². The van der Waals surface area contributed by atoms with Gasteiger partial charge in [-0.3, -0.25) is 14.6 Å². The molecule has 148 valence electrons. The standard InChI is InChI=1S/C22H33N3O2/c26-20-17-23(16-19-8-2-1-3-9-19)14-15-24(18-20)21(27)22(10-4-5-11-22)25-12-6-7-13-25/h1-3,8-9,20,26H,4-7,10-18H2/t20-/m1/s1. The van der Waals surface area contributed by atoms with Crippen LogP contribution in [0.15, 0.2) is 30.3 Å². The number of hydrogen-bond donors (Lipinski definition) is 1. The summed E-state index contributed by atoms with van der Waals surface area (Å²) in [6.07, 6.45) is 6.23. The van der Waals surface area contributed by atoms with Gasteiger partial charge < -0.3 is 10.0 Å². The number of β-amino-alcohol motifs (C(OH)–C–C–N with tert-alkyl or cyclic N) is 1. The van der Waals surface area contributed by atoms with E-state index in [0.29, 0.717) is 13.1 Å². The highest BCUT2D eigenvalue weighted by Gasteiger charge is 2.49. The van der Waals surface area contributed by atoms with Gasteiger partial charge in [0.2, 0.25) is 5.91 Å². The quantitative estimate of drug-likeness (QED) is 0.881. The molecule has 1 amide bonds. The fraction of sp³-hybridized carbons (Fsp3) is 0.682. The zero-order chi connectivity index (χ0) is 18.7. The van der Waals surface area contributed by atoms with Gasteiger partial charge in [0.15, 0.2) is 0 Å². The lowest BCUT2D eigenvalue weighted by Crippen LogP contribution is -2.58. The minimum Gasteiger partial charge on any atom is -0.390 e. The minimum atomic E-state index is -0.475. The zero-order valence-corrected chi connectivity index (χ0v) is 16.4. The molecule has 0 radical (unpaired) electrons. The topological polar surface area (TPSA) is 47.0 Å². The van der Waals surface area contributed by atoms with E-state index >= 15 is 0 Å². The maximum atomic E-state index is 13.6. The highest BCUT2D eigenvalue weighted by atomic mass is 16.3. The van der Waals surface area contributed by atoms with Crippen molar-refractivity contribution in [2.24, 2.45) is 0 Å². The van der Waals surface area contributed by atoms with Gasteiger partial charge in [-0.15, -0.1) is 0 Å². The number of likely N-dealkylation sites (tertiary alicyclic amines) is 1. The number of nitrogens with zero attached hydrogens (tertiary/aromatic N) is 3. The van der Waals surface area contributed by atoms with E-state index in [-0.39, 0.29) is 11.4 Å². The Morgan fingerprint density at radius 3 is 2.37 bits per heavy atom. The van der Waals surface area contributed by atoms with Crippen molar-refractivity contribution in [2.75, 3.05) is 39.3 Å². The smallest absolute Gasteiger partial charge is 0.243 e. The Morgan fingerprint density at radius 2 is 1.67 bits per heavy atom. The Hall–Kier alpha value is -1.43. The minimum absolute atomic E-state index is 0.280. The molecule has 1 aromatic rings. The van der Waals surface area contributed by atoms with Gasteiger partial charge in [0.05, 0.1) is 6.10 Å². The number of amides is 1. The van der Waals surface area contributed by atoms with E-state index in [9.17, 15) is 9.90 Å². The van der Waals surface area contributed by atoms with Crippen LogP contribution in [-0.4, -0.2) is 76.6 Å². The SMILES string of the molecule is O=C(N1CCN(Cc2ccccc2)C[C@@H](O)C1)C1(N2CCCC2)CCCC1. The van der Waals surface area contributed by atoms with Gasteiger partial charge >= 0.3 is 0 Å². The number of carbonyl (C=O) groups excluding carboxylic acids is 1. The second-order valence-corrected chi connectivity index (χ2v) is 8.56. The van der Waals surface area contributed by atoms with Crippen LogP contribution in [0, 0.1) is 0 Å². The summed E-state index contributed by atoms with van der Waals surface area (Å²) in [5.74, 6) is 0.280. The molecule has 1 N–H and O–H groups in total. The van der Waals surface area contributed by atoms with E-state index in [0.717, 1.165) is 58.4 Å². The van der Waals surface area contributed by atoms with E-state index in [4.69, 9.17) is 0 Å². The van der Waals surface area contributed by atoms with E-state index < -0.39 is 6.10 Å². The lowest BCUT2D eigenvalue weighted by atomic mass is 9.93. The molecule has 1 aliphatic carbocycles. The predicted octanol–water partition coefficient (Wildman–Crippen LogP) is 2.10. The van der Waals surface area contributed by atoms with E-state index in [2.05, 4.69) is 34.1 Å². The van der Waals surface area contributed by atoms with Crippen LogP contribution in [0.1, 0.15) is 44.1 Å². The van der Waals surface area contributed by atoms with Crippen molar-refractivity contribution < 1.29 is 9.90 Å². The van der Waals surface area contributed by atoms with E-state index in [1.165, 1.54) is 18.4 Å². The monoisotopic (exact) mass is 371 g/mol. The Morgan fingerprint density at radius 1 is 0.963 bits per heavy atom. The summed E-state index contributed by atoms with van der Waals surface area (Å²) in [7, 11) is 0. The number of hydrogen-bond acceptors (Lipinski definition) is 4. The fourth-order valence-electron chi connectivity index (χ4n) is 5.29. The molecule has 1 saturated carbocycles. The van der Waals surface area contributed by atoms with Crippen LogP contribution < -0.4 is 0 Å². The first-order valence-electron chi connectivity index (χ1n) is 10.7. The first-order valence-corrected chi connectivity index (χ1v) is 10.7. The molecule has 2 saturated heterocycles. The average Bonchev–Trinajstić information content (AvgIpc) is 3.34. The Kier molecular flexibility index (Phi) is 5.81. The third kappa shape index (κ3) is 4.05. The van der Waals surface area contributed by atoms with E-state index in [1.807, 2.05) is 11.0 Å². The van der Waals surface area contributed by atoms with Crippen LogP contribution in [0.3, 0.4) is 0 Å². The number of aliphatic hydroxyl groups is 1. The molecular formula is C22H33N3O2. The van der Waals surface area contributed by atoms with Gasteiger partial charge in [-0.05, 0) is 44.3 Å². The summed E-state index contributed by atoms with van der Waals surface area (Å²) in [4.78, 5) is 20.3. The molecule has 0 spiro atoms. The molecule has 4 rings (SSSR count).